The summed E-state index contributed by atoms with van der Waals surface area (Å²) in [6, 6.07) is 19.5. The fraction of sp³-hybridized carbons (Fsp3) is 0.208. The van der Waals surface area contributed by atoms with Gasteiger partial charge >= 0.3 is 0 Å². The number of aromatic nitrogens is 3. The number of rotatable bonds is 6. The molecule has 0 bridgehead atoms. The number of nitrogens with zero attached hydrogens (tertiary/aromatic N) is 3. The number of anilines is 1. The molecule has 0 aliphatic rings. The highest BCUT2D eigenvalue weighted by atomic mass is 79.9. The number of aryl methyl sites for hydroxylation is 2. The van der Waals surface area contributed by atoms with Crippen LogP contribution in [0.3, 0.4) is 0 Å². The Morgan fingerprint density at radius 3 is 2.47 bits per heavy atom. The summed E-state index contributed by atoms with van der Waals surface area (Å²) >= 11 is 3.40. The van der Waals surface area contributed by atoms with E-state index in [9.17, 15) is 4.79 Å². The van der Waals surface area contributed by atoms with Crippen molar-refractivity contribution in [1.82, 2.24) is 15.0 Å². The van der Waals surface area contributed by atoms with Gasteiger partial charge in [-0.1, -0.05) is 47.5 Å². The average molecular weight is 463 g/mol. The molecule has 0 saturated heterocycles. The number of fused-ring (bicyclic) bond motifs is 1. The quantitative estimate of drug-likeness (QED) is 0.377. The molecule has 0 unspecified atom stereocenters. The van der Waals surface area contributed by atoms with Gasteiger partial charge in [0.25, 0.3) is 5.91 Å². The lowest BCUT2D eigenvalue weighted by Gasteiger charge is -2.08. The summed E-state index contributed by atoms with van der Waals surface area (Å²) in [5, 5.41) is 12.2. The third kappa shape index (κ3) is 4.44. The minimum absolute atomic E-state index is 0.159. The molecule has 3 aromatic carbocycles. The van der Waals surface area contributed by atoms with Crippen LogP contribution in [-0.4, -0.2) is 20.9 Å². The molecular weight excluding hydrogens is 440 g/mol. The Labute approximate surface area is 184 Å². The van der Waals surface area contributed by atoms with Crippen LogP contribution in [0.5, 0.6) is 0 Å². The normalized spacial score (nSPS) is 11.0. The summed E-state index contributed by atoms with van der Waals surface area (Å²) in [5.74, 6) is -0.159. The molecule has 0 saturated carbocycles. The fourth-order valence-corrected chi connectivity index (χ4v) is 3.72. The van der Waals surface area contributed by atoms with E-state index in [-0.39, 0.29) is 5.91 Å². The van der Waals surface area contributed by atoms with Gasteiger partial charge in [-0.3, -0.25) is 4.79 Å². The molecule has 152 valence electrons. The van der Waals surface area contributed by atoms with Crippen LogP contribution in [0.25, 0.3) is 16.7 Å². The van der Waals surface area contributed by atoms with Crippen LogP contribution in [0.4, 0.5) is 5.69 Å². The number of benzene rings is 3. The van der Waals surface area contributed by atoms with E-state index in [0.29, 0.717) is 5.56 Å². The number of nitrogens with one attached hydrogen (secondary N) is 1. The highest BCUT2D eigenvalue weighted by molar-refractivity contribution is 9.10. The molecule has 1 amide bonds. The fourth-order valence-electron chi connectivity index (χ4n) is 3.32. The molecule has 5 nitrogen and oxygen atoms in total. The molecule has 1 heterocycles. The second kappa shape index (κ2) is 8.79. The highest BCUT2D eigenvalue weighted by Gasteiger charge is 2.12. The van der Waals surface area contributed by atoms with Crippen LogP contribution in [-0.2, 0) is 6.42 Å². The van der Waals surface area contributed by atoms with Gasteiger partial charge in [0.1, 0.15) is 11.0 Å². The van der Waals surface area contributed by atoms with Gasteiger partial charge in [0.05, 0.1) is 5.69 Å². The van der Waals surface area contributed by atoms with E-state index in [0.717, 1.165) is 38.9 Å². The van der Waals surface area contributed by atoms with Crippen LogP contribution >= 0.6 is 15.9 Å². The van der Waals surface area contributed by atoms with Crippen molar-refractivity contribution in [1.29, 1.82) is 0 Å². The summed E-state index contributed by atoms with van der Waals surface area (Å²) in [4.78, 5) is 14.3. The van der Waals surface area contributed by atoms with E-state index in [4.69, 9.17) is 0 Å². The van der Waals surface area contributed by atoms with E-state index in [1.54, 1.807) is 16.9 Å². The van der Waals surface area contributed by atoms with Crippen molar-refractivity contribution in [2.24, 2.45) is 0 Å². The number of carbonyl (C=O) groups excluding carboxylic acids is 1. The zero-order valence-corrected chi connectivity index (χ0v) is 18.6. The van der Waals surface area contributed by atoms with E-state index in [1.807, 2.05) is 43.3 Å². The summed E-state index contributed by atoms with van der Waals surface area (Å²) in [6.45, 7) is 4.16. The monoisotopic (exact) mass is 462 g/mol. The second-order valence-electron chi connectivity index (χ2n) is 7.38. The minimum atomic E-state index is -0.159. The van der Waals surface area contributed by atoms with Crippen molar-refractivity contribution < 1.29 is 4.79 Å². The molecule has 1 aromatic heterocycles. The third-order valence-corrected chi connectivity index (χ3v) is 5.54. The minimum Gasteiger partial charge on any atom is -0.322 e. The largest absolute Gasteiger partial charge is 0.322 e. The van der Waals surface area contributed by atoms with Gasteiger partial charge < -0.3 is 5.32 Å². The predicted octanol–water partition coefficient (Wildman–Crippen LogP) is 6.09. The van der Waals surface area contributed by atoms with Crippen LogP contribution in [0, 0.1) is 6.92 Å². The lowest BCUT2D eigenvalue weighted by Crippen LogP contribution is -2.12. The van der Waals surface area contributed by atoms with Crippen LogP contribution in [0.2, 0.25) is 0 Å². The number of carbonyl (C=O) groups is 1. The van der Waals surface area contributed by atoms with E-state index >= 15 is 0 Å². The molecule has 0 spiro atoms. The lowest BCUT2D eigenvalue weighted by atomic mass is 10.1. The van der Waals surface area contributed by atoms with Gasteiger partial charge in [-0.05, 0) is 73.4 Å². The van der Waals surface area contributed by atoms with Gasteiger partial charge in [-0.2, -0.15) is 4.80 Å². The molecular formula is C24H23BrN4O. The molecule has 0 aliphatic carbocycles. The molecule has 0 aliphatic heterocycles. The molecule has 4 aromatic rings. The Kier molecular flexibility index (Phi) is 5.95. The Bertz CT molecular complexity index is 1200. The smallest absolute Gasteiger partial charge is 0.255 e. The standard InChI is InChI=1S/C24H23BrN4O/c1-3-4-6-17-9-11-20(12-10-17)29-27-22-13-16(2)21(15-23(22)28-29)26-24(30)18-7-5-8-19(25)14-18/h5,7-15H,3-4,6H2,1-2H3,(H,26,30). The zero-order valence-electron chi connectivity index (χ0n) is 17.0. The average Bonchev–Trinajstić information content (AvgIpc) is 3.15. The molecule has 4 rings (SSSR count). The van der Waals surface area contributed by atoms with Crippen molar-refractivity contribution in [3.63, 3.8) is 0 Å². The van der Waals surface area contributed by atoms with Crippen molar-refractivity contribution >= 4 is 38.6 Å². The maximum Gasteiger partial charge on any atom is 0.255 e. The topological polar surface area (TPSA) is 59.8 Å². The second-order valence-corrected chi connectivity index (χ2v) is 8.30. The molecule has 6 heteroatoms. The summed E-state index contributed by atoms with van der Waals surface area (Å²) in [6.07, 6.45) is 3.47. The molecule has 0 atom stereocenters. The first-order valence-corrected chi connectivity index (χ1v) is 10.9. The van der Waals surface area contributed by atoms with Gasteiger partial charge in [-0.15, -0.1) is 10.2 Å². The SMILES string of the molecule is CCCCc1ccc(-n2nc3cc(C)c(NC(=O)c4cccc(Br)c4)cc3n2)cc1. The van der Waals surface area contributed by atoms with Gasteiger partial charge in [0.2, 0.25) is 0 Å². The van der Waals surface area contributed by atoms with E-state index < -0.39 is 0 Å². The van der Waals surface area contributed by atoms with Crippen molar-refractivity contribution in [2.45, 2.75) is 33.1 Å². The first kappa shape index (κ1) is 20.3. The summed E-state index contributed by atoms with van der Waals surface area (Å²) in [7, 11) is 0. The summed E-state index contributed by atoms with van der Waals surface area (Å²) < 4.78 is 0.867. The van der Waals surface area contributed by atoms with Gasteiger partial charge in [-0.25, -0.2) is 0 Å². The Morgan fingerprint density at radius 2 is 1.77 bits per heavy atom. The predicted molar refractivity (Wildman–Crippen MR) is 124 cm³/mol. The van der Waals surface area contributed by atoms with Crippen molar-refractivity contribution in [3.8, 4) is 5.69 Å². The lowest BCUT2D eigenvalue weighted by molar-refractivity contribution is 0.102. The third-order valence-electron chi connectivity index (χ3n) is 5.05. The Morgan fingerprint density at radius 1 is 1.03 bits per heavy atom. The van der Waals surface area contributed by atoms with Crippen molar-refractivity contribution in [3.05, 3.63) is 81.8 Å². The molecule has 30 heavy (non-hydrogen) atoms. The Balaban J connectivity index is 1.59. The number of unbranched alkanes of at least 4 members (excludes halogenated alkanes) is 1. The molecule has 0 radical (unpaired) electrons. The molecule has 0 fully saturated rings. The number of amides is 1. The summed E-state index contributed by atoms with van der Waals surface area (Å²) in [5.41, 5.74) is 6.04. The van der Waals surface area contributed by atoms with Gasteiger partial charge in [0.15, 0.2) is 0 Å². The van der Waals surface area contributed by atoms with Crippen LogP contribution in [0.15, 0.2) is 65.1 Å². The highest BCUT2D eigenvalue weighted by Crippen LogP contribution is 2.23. The first-order valence-electron chi connectivity index (χ1n) is 10.1. The van der Waals surface area contributed by atoms with Crippen LogP contribution in [0.1, 0.15) is 41.3 Å². The van der Waals surface area contributed by atoms with Crippen LogP contribution < -0.4 is 5.32 Å². The number of halogens is 1. The first-order chi connectivity index (χ1) is 14.5. The van der Waals surface area contributed by atoms with E-state index in [1.165, 1.54) is 18.4 Å². The Hall–Kier alpha value is -2.99. The maximum atomic E-state index is 12.6. The number of hydrogen-bond donors (Lipinski definition) is 1. The molecule has 1 N–H and O–H groups in total. The van der Waals surface area contributed by atoms with Crippen molar-refractivity contribution in [2.75, 3.05) is 5.32 Å². The zero-order chi connectivity index (χ0) is 21.1. The van der Waals surface area contributed by atoms with Gasteiger partial charge in [0, 0.05) is 15.7 Å². The number of hydrogen-bond acceptors (Lipinski definition) is 3. The van der Waals surface area contributed by atoms with E-state index in [2.05, 4.69) is 50.5 Å². The maximum absolute atomic E-state index is 12.6.